The van der Waals surface area contributed by atoms with Crippen LogP contribution in [0.2, 0.25) is 0 Å². The zero-order valence-corrected chi connectivity index (χ0v) is 11.2. The van der Waals surface area contributed by atoms with Crippen LogP contribution < -0.4 is 4.72 Å². The molecule has 0 aliphatic carbocycles. The average molecular weight is 285 g/mol. The van der Waals surface area contributed by atoms with E-state index in [1.807, 2.05) is 0 Å². The molecule has 0 aromatic carbocycles. The number of sulfonamides is 1. The number of fused-ring (bicyclic) bond motifs is 1. The molecule has 2 heterocycles. The minimum Gasteiger partial charge on any atom is -0.394 e. The zero-order valence-electron chi connectivity index (χ0n) is 10.4. The van der Waals surface area contributed by atoms with Crippen LogP contribution in [0.1, 0.15) is 18.2 Å². The van der Waals surface area contributed by atoms with Gasteiger partial charge in [-0.05, 0) is 19.1 Å². The molecule has 0 saturated carbocycles. The second-order valence-corrected chi connectivity index (χ2v) is 6.20. The summed E-state index contributed by atoms with van der Waals surface area (Å²) in [7, 11) is -3.92. The molecule has 0 unspecified atom stereocenters. The van der Waals surface area contributed by atoms with Crippen LogP contribution >= 0.6 is 0 Å². The molecule has 3 N–H and O–H groups in total. The number of nitrogens with zero attached hydrogens (tertiary/aromatic N) is 2. The van der Waals surface area contributed by atoms with Crippen molar-refractivity contribution in [3.8, 4) is 0 Å². The Labute approximate surface area is 111 Å². The molecule has 19 heavy (non-hydrogen) atoms. The summed E-state index contributed by atoms with van der Waals surface area (Å²) in [5.41, 5.74) is -0.280. The molecule has 0 amide bonds. The van der Waals surface area contributed by atoms with Crippen molar-refractivity contribution in [1.29, 1.82) is 0 Å². The van der Waals surface area contributed by atoms with Gasteiger partial charge in [-0.25, -0.2) is 8.42 Å². The Morgan fingerprint density at radius 2 is 2.11 bits per heavy atom. The Balaban J connectivity index is 2.33. The van der Waals surface area contributed by atoms with Gasteiger partial charge in [-0.3, -0.25) is 9.98 Å². The number of hydrogen-bond donors (Lipinski definition) is 3. The zero-order chi connectivity index (χ0) is 14.1. The van der Waals surface area contributed by atoms with Crippen LogP contribution in [0.4, 0.5) is 0 Å². The van der Waals surface area contributed by atoms with E-state index in [1.165, 1.54) is 6.92 Å². The third kappa shape index (κ3) is 2.66. The van der Waals surface area contributed by atoms with E-state index >= 15 is 0 Å². The fraction of sp³-hybridized carbons (Fsp3) is 0.455. The maximum Gasteiger partial charge on any atom is 0.258 e. The van der Waals surface area contributed by atoms with Crippen molar-refractivity contribution in [3.63, 3.8) is 0 Å². The van der Waals surface area contributed by atoms with Gasteiger partial charge in [-0.1, -0.05) is 0 Å². The predicted octanol–water partition coefficient (Wildman–Crippen LogP) is -0.995. The minimum atomic E-state index is -3.92. The van der Waals surface area contributed by atoms with E-state index in [9.17, 15) is 8.42 Å². The number of aliphatic hydroxyl groups is 2. The quantitative estimate of drug-likeness (QED) is 0.657. The van der Waals surface area contributed by atoms with E-state index in [-0.39, 0.29) is 11.6 Å². The highest BCUT2D eigenvalue weighted by Crippen LogP contribution is 2.20. The third-order valence-electron chi connectivity index (χ3n) is 2.83. The second kappa shape index (κ2) is 4.97. The van der Waals surface area contributed by atoms with Crippen molar-refractivity contribution < 1.29 is 18.6 Å². The van der Waals surface area contributed by atoms with Crippen LogP contribution in [0, 0.1) is 0 Å². The van der Waals surface area contributed by atoms with Crippen LogP contribution in [0.25, 0.3) is 0 Å². The fourth-order valence-corrected chi connectivity index (χ4v) is 3.29. The van der Waals surface area contributed by atoms with Crippen molar-refractivity contribution in [2.24, 2.45) is 4.99 Å². The van der Waals surface area contributed by atoms with Crippen LogP contribution in [0.3, 0.4) is 0 Å². The lowest BCUT2D eigenvalue weighted by Crippen LogP contribution is -2.53. The van der Waals surface area contributed by atoms with Gasteiger partial charge in [0, 0.05) is 11.8 Å². The lowest BCUT2D eigenvalue weighted by Gasteiger charge is -2.25. The molecule has 1 aromatic heterocycles. The molecule has 0 spiro atoms. The molecule has 0 saturated heterocycles. The Hall–Kier alpha value is -1.35. The van der Waals surface area contributed by atoms with Gasteiger partial charge in [-0.2, -0.15) is 4.72 Å². The summed E-state index contributed by atoms with van der Waals surface area (Å²) in [5.74, 6) is 0. The van der Waals surface area contributed by atoms with Crippen molar-refractivity contribution in [2.75, 3.05) is 13.2 Å². The summed E-state index contributed by atoms with van der Waals surface area (Å²) in [5, 5.41) is 18.2. The molecule has 0 bridgehead atoms. The number of hydrogen-bond acceptors (Lipinski definition) is 6. The maximum atomic E-state index is 12.2. The van der Waals surface area contributed by atoms with E-state index < -0.39 is 28.8 Å². The van der Waals surface area contributed by atoms with Gasteiger partial charge < -0.3 is 10.2 Å². The summed E-state index contributed by atoms with van der Waals surface area (Å²) in [4.78, 5) is 8.02. The number of rotatable bonds is 4. The first-order valence-corrected chi connectivity index (χ1v) is 7.14. The average Bonchev–Trinajstić information content (AvgIpc) is 2.82. The van der Waals surface area contributed by atoms with E-state index in [2.05, 4.69) is 14.7 Å². The van der Waals surface area contributed by atoms with Crippen LogP contribution in [-0.4, -0.2) is 47.4 Å². The minimum absolute atomic E-state index is 0.108. The lowest BCUT2D eigenvalue weighted by atomic mass is 10.1. The summed E-state index contributed by atoms with van der Waals surface area (Å²) >= 11 is 0. The number of nitrogens with one attached hydrogen (secondary N) is 1. The molecule has 0 fully saturated rings. The van der Waals surface area contributed by atoms with E-state index in [4.69, 9.17) is 10.2 Å². The van der Waals surface area contributed by atoms with E-state index in [0.29, 0.717) is 11.3 Å². The molecule has 7 nitrogen and oxygen atoms in total. The molecule has 0 radical (unpaired) electrons. The summed E-state index contributed by atoms with van der Waals surface area (Å²) in [6.07, 6.45) is 1.57. The third-order valence-corrected chi connectivity index (χ3v) is 4.45. The largest absolute Gasteiger partial charge is 0.394 e. The standard InChI is InChI=1S/C11H15N3O4S/c1-11(6-15,7-16)14-19(17,18)10-8-3-2-4-12-9(8)5-13-10/h2-4,14-16H,5-7H2,1H3. The number of aliphatic hydroxyl groups excluding tert-OH is 2. The van der Waals surface area contributed by atoms with Crippen molar-refractivity contribution in [2.45, 2.75) is 19.0 Å². The molecule has 0 atom stereocenters. The molecule has 8 heteroatoms. The number of aromatic nitrogens is 1. The summed E-state index contributed by atoms with van der Waals surface area (Å²) in [6, 6.07) is 3.26. The molecule has 1 aliphatic rings. The first-order chi connectivity index (χ1) is 8.92. The second-order valence-electron chi connectivity index (χ2n) is 4.60. The Bertz CT molecular complexity index is 608. The van der Waals surface area contributed by atoms with Crippen LogP contribution in [0.15, 0.2) is 23.3 Å². The highest BCUT2D eigenvalue weighted by atomic mass is 32.2. The molecular formula is C11H15N3O4S. The van der Waals surface area contributed by atoms with Gasteiger partial charge >= 0.3 is 0 Å². The van der Waals surface area contributed by atoms with Crippen molar-refractivity contribution >= 4 is 15.1 Å². The molecular weight excluding hydrogens is 270 g/mol. The van der Waals surface area contributed by atoms with Gasteiger partial charge in [0.05, 0.1) is 31.0 Å². The van der Waals surface area contributed by atoms with Gasteiger partial charge in [0.1, 0.15) is 0 Å². The summed E-state index contributed by atoms with van der Waals surface area (Å²) < 4.78 is 26.7. The van der Waals surface area contributed by atoms with E-state index in [0.717, 1.165) is 0 Å². The Kier molecular flexibility index (Phi) is 3.68. The molecule has 104 valence electrons. The Morgan fingerprint density at radius 1 is 1.42 bits per heavy atom. The SMILES string of the molecule is CC(CO)(CO)NS(=O)(=O)C1=NCc2ncccc21. The van der Waals surface area contributed by atoms with Crippen molar-refractivity contribution in [3.05, 3.63) is 29.6 Å². The topological polar surface area (TPSA) is 112 Å². The highest BCUT2D eigenvalue weighted by molar-refractivity contribution is 8.05. The monoisotopic (exact) mass is 285 g/mol. The number of aliphatic imine (C=N–C) groups is 1. The Morgan fingerprint density at radius 3 is 2.74 bits per heavy atom. The van der Waals surface area contributed by atoms with Gasteiger partial charge in [0.15, 0.2) is 5.04 Å². The van der Waals surface area contributed by atoms with Gasteiger partial charge in [-0.15, -0.1) is 0 Å². The molecule has 2 rings (SSSR count). The van der Waals surface area contributed by atoms with E-state index in [1.54, 1.807) is 18.3 Å². The smallest absolute Gasteiger partial charge is 0.258 e. The number of pyridine rings is 1. The molecule has 1 aromatic rings. The fourth-order valence-electron chi connectivity index (χ4n) is 1.71. The van der Waals surface area contributed by atoms with Gasteiger partial charge in [0.2, 0.25) is 0 Å². The first kappa shape index (κ1) is 14.1. The lowest BCUT2D eigenvalue weighted by molar-refractivity contribution is 0.122. The molecule has 1 aliphatic heterocycles. The highest BCUT2D eigenvalue weighted by Gasteiger charge is 2.34. The summed E-state index contributed by atoms with van der Waals surface area (Å²) in [6.45, 7) is 0.581. The van der Waals surface area contributed by atoms with Crippen molar-refractivity contribution in [1.82, 2.24) is 9.71 Å². The van der Waals surface area contributed by atoms with Crippen LogP contribution in [0.5, 0.6) is 0 Å². The first-order valence-electron chi connectivity index (χ1n) is 5.66. The van der Waals surface area contributed by atoms with Gasteiger partial charge in [0.25, 0.3) is 10.0 Å². The maximum absolute atomic E-state index is 12.2. The van der Waals surface area contributed by atoms with Crippen LogP contribution in [-0.2, 0) is 16.6 Å². The normalized spacial score (nSPS) is 15.2. The predicted molar refractivity (Wildman–Crippen MR) is 69.1 cm³/mol.